The van der Waals surface area contributed by atoms with Crippen molar-refractivity contribution in [3.63, 3.8) is 0 Å². The van der Waals surface area contributed by atoms with Crippen molar-refractivity contribution in [3.05, 3.63) is 22.5 Å². The summed E-state index contributed by atoms with van der Waals surface area (Å²) in [6, 6.07) is 0.767. The zero-order valence-corrected chi connectivity index (χ0v) is 15.2. The average molecular weight is 374 g/mol. The maximum Gasteiger partial charge on any atom is 0.410 e. The molecule has 2 saturated heterocycles. The molecule has 1 N–H and O–H groups in total. The molecule has 3 rings (SSSR count). The number of rotatable bonds is 2. The highest BCUT2D eigenvalue weighted by Gasteiger charge is 2.50. The average Bonchev–Trinajstić information content (AvgIpc) is 2.55. The number of aromatic nitrogens is 1. The van der Waals surface area contributed by atoms with E-state index in [2.05, 4.69) is 4.98 Å². The second-order valence-corrected chi connectivity index (χ2v) is 7.11. The number of pyridine rings is 1. The SMILES string of the molecule is CC1C(C(F)(F)F)N(c2cc(N3CCOC[C@H]3C)cc(=O)[nH]2)CCN1C. The topological polar surface area (TPSA) is 51.8 Å². The van der Waals surface area contributed by atoms with Crippen molar-refractivity contribution in [2.75, 3.05) is 49.7 Å². The fraction of sp³-hybridized carbons (Fsp3) is 0.706. The Balaban J connectivity index is 1.98. The first kappa shape index (κ1) is 19.0. The summed E-state index contributed by atoms with van der Waals surface area (Å²) in [5, 5.41) is 0. The minimum absolute atomic E-state index is 0.0585. The third kappa shape index (κ3) is 3.68. The predicted octanol–water partition coefficient (Wildman–Crippen LogP) is 1.67. The zero-order chi connectivity index (χ0) is 19.1. The normalized spacial score (nSPS) is 28.5. The van der Waals surface area contributed by atoms with Crippen LogP contribution in [0.4, 0.5) is 24.7 Å². The van der Waals surface area contributed by atoms with Gasteiger partial charge in [0.05, 0.1) is 13.2 Å². The molecule has 26 heavy (non-hydrogen) atoms. The minimum atomic E-state index is -4.40. The molecular formula is C17H25F3N4O2. The van der Waals surface area contributed by atoms with E-state index in [4.69, 9.17) is 4.74 Å². The van der Waals surface area contributed by atoms with Gasteiger partial charge in [-0.05, 0) is 20.9 Å². The van der Waals surface area contributed by atoms with Crippen molar-refractivity contribution < 1.29 is 17.9 Å². The zero-order valence-electron chi connectivity index (χ0n) is 15.2. The number of H-pyrrole nitrogens is 1. The maximum absolute atomic E-state index is 13.7. The Labute approximate surface area is 150 Å². The molecule has 6 nitrogen and oxygen atoms in total. The van der Waals surface area contributed by atoms with Crippen molar-refractivity contribution in [2.45, 2.75) is 38.1 Å². The van der Waals surface area contributed by atoms with Crippen LogP contribution in [-0.4, -0.2) is 74.1 Å². The molecular weight excluding hydrogens is 349 g/mol. The van der Waals surface area contributed by atoms with Crippen LogP contribution in [0.5, 0.6) is 0 Å². The van der Waals surface area contributed by atoms with Crippen molar-refractivity contribution in [3.8, 4) is 0 Å². The third-order valence-corrected chi connectivity index (χ3v) is 5.34. The monoisotopic (exact) mass is 374 g/mol. The summed E-state index contributed by atoms with van der Waals surface area (Å²) >= 11 is 0. The molecule has 0 amide bonds. The Morgan fingerprint density at radius 1 is 1.15 bits per heavy atom. The summed E-state index contributed by atoms with van der Waals surface area (Å²) in [4.78, 5) is 19.8. The van der Waals surface area contributed by atoms with E-state index in [1.807, 2.05) is 11.8 Å². The number of hydrogen-bond donors (Lipinski definition) is 1. The van der Waals surface area contributed by atoms with E-state index in [1.54, 1.807) is 24.9 Å². The van der Waals surface area contributed by atoms with Crippen LogP contribution in [0.25, 0.3) is 0 Å². The van der Waals surface area contributed by atoms with E-state index >= 15 is 0 Å². The number of anilines is 2. The molecule has 2 aliphatic heterocycles. The van der Waals surface area contributed by atoms with Gasteiger partial charge in [0.2, 0.25) is 0 Å². The van der Waals surface area contributed by atoms with Crippen LogP contribution in [0.15, 0.2) is 16.9 Å². The van der Waals surface area contributed by atoms with Gasteiger partial charge in [-0.25, -0.2) is 0 Å². The molecule has 0 saturated carbocycles. The van der Waals surface area contributed by atoms with Gasteiger partial charge < -0.3 is 19.5 Å². The molecule has 0 bridgehead atoms. The highest BCUT2D eigenvalue weighted by Crippen LogP contribution is 2.34. The number of aromatic amines is 1. The number of alkyl halides is 3. The summed E-state index contributed by atoms with van der Waals surface area (Å²) in [7, 11) is 1.69. The Morgan fingerprint density at radius 2 is 1.88 bits per heavy atom. The molecule has 0 spiro atoms. The van der Waals surface area contributed by atoms with Crippen molar-refractivity contribution >= 4 is 11.5 Å². The van der Waals surface area contributed by atoms with Crippen LogP contribution in [0, 0.1) is 0 Å². The summed E-state index contributed by atoms with van der Waals surface area (Å²) in [5.74, 6) is 0.216. The minimum Gasteiger partial charge on any atom is -0.377 e. The largest absolute Gasteiger partial charge is 0.410 e. The Bertz CT molecular complexity index is 693. The van der Waals surface area contributed by atoms with Gasteiger partial charge in [-0.15, -0.1) is 0 Å². The van der Waals surface area contributed by atoms with Crippen molar-refractivity contribution in [2.24, 2.45) is 0 Å². The Hall–Kier alpha value is -1.74. The second-order valence-electron chi connectivity index (χ2n) is 7.11. The van der Waals surface area contributed by atoms with Crippen LogP contribution in [0.3, 0.4) is 0 Å². The van der Waals surface area contributed by atoms with Crippen molar-refractivity contribution in [1.29, 1.82) is 0 Å². The van der Waals surface area contributed by atoms with Gasteiger partial charge in [-0.1, -0.05) is 0 Å². The quantitative estimate of drug-likeness (QED) is 0.854. The smallest absolute Gasteiger partial charge is 0.377 e. The van der Waals surface area contributed by atoms with Gasteiger partial charge in [0.25, 0.3) is 5.56 Å². The first-order chi connectivity index (χ1) is 12.2. The van der Waals surface area contributed by atoms with Gasteiger partial charge in [-0.2, -0.15) is 13.2 Å². The Morgan fingerprint density at radius 3 is 2.54 bits per heavy atom. The molecule has 146 valence electrons. The molecule has 2 aliphatic rings. The van der Waals surface area contributed by atoms with E-state index < -0.39 is 23.8 Å². The number of nitrogens with one attached hydrogen (secondary N) is 1. The van der Waals surface area contributed by atoms with Crippen LogP contribution in [0.1, 0.15) is 13.8 Å². The van der Waals surface area contributed by atoms with Gasteiger partial charge in [0.15, 0.2) is 0 Å². The van der Waals surface area contributed by atoms with Crippen LogP contribution >= 0.6 is 0 Å². The fourth-order valence-corrected chi connectivity index (χ4v) is 3.78. The predicted molar refractivity (Wildman–Crippen MR) is 94.0 cm³/mol. The Kier molecular flexibility index (Phi) is 5.21. The molecule has 1 aromatic heterocycles. The van der Waals surface area contributed by atoms with Crippen LogP contribution in [0.2, 0.25) is 0 Å². The van der Waals surface area contributed by atoms with Gasteiger partial charge in [-0.3, -0.25) is 9.69 Å². The molecule has 9 heteroatoms. The molecule has 2 fully saturated rings. The third-order valence-electron chi connectivity index (χ3n) is 5.34. The summed E-state index contributed by atoms with van der Waals surface area (Å²) in [6.07, 6.45) is -4.40. The van der Waals surface area contributed by atoms with E-state index in [0.29, 0.717) is 32.0 Å². The lowest BCUT2D eigenvalue weighted by Gasteiger charge is -2.46. The molecule has 3 atom stereocenters. The number of piperazine rings is 1. The number of hydrogen-bond acceptors (Lipinski definition) is 5. The fourth-order valence-electron chi connectivity index (χ4n) is 3.78. The standard InChI is InChI=1S/C17H25F3N4O2/c1-11-10-26-7-6-23(11)13-8-14(21-15(25)9-13)24-5-4-22(3)12(2)16(24)17(18,19)20/h8-9,11-12,16H,4-7,10H2,1-3H3,(H,21,25)/t11-,12?,16?/m1/s1. The number of halogens is 3. The molecule has 0 aliphatic carbocycles. The van der Waals surface area contributed by atoms with Crippen LogP contribution in [-0.2, 0) is 4.74 Å². The molecule has 3 heterocycles. The molecule has 0 radical (unpaired) electrons. The molecule has 2 unspecified atom stereocenters. The van der Waals surface area contributed by atoms with E-state index in [0.717, 1.165) is 0 Å². The first-order valence-corrected chi connectivity index (χ1v) is 8.81. The summed E-state index contributed by atoms with van der Waals surface area (Å²) in [6.45, 7) is 5.89. The van der Waals surface area contributed by atoms with E-state index in [1.165, 1.54) is 11.0 Å². The number of likely N-dealkylation sites (N-methyl/N-ethyl adjacent to an activating group) is 1. The number of nitrogens with zero attached hydrogens (tertiary/aromatic N) is 3. The second kappa shape index (κ2) is 7.11. The highest BCUT2D eigenvalue weighted by molar-refractivity contribution is 5.56. The number of morpholine rings is 1. The number of ether oxygens (including phenoxy) is 1. The first-order valence-electron chi connectivity index (χ1n) is 8.81. The molecule has 0 aromatic carbocycles. The van der Waals surface area contributed by atoms with Gasteiger partial charge in [0, 0.05) is 49.5 Å². The van der Waals surface area contributed by atoms with Gasteiger partial charge in [0.1, 0.15) is 11.9 Å². The van der Waals surface area contributed by atoms with E-state index in [9.17, 15) is 18.0 Å². The van der Waals surface area contributed by atoms with Crippen LogP contribution < -0.4 is 15.4 Å². The summed E-state index contributed by atoms with van der Waals surface area (Å²) < 4.78 is 46.6. The van der Waals surface area contributed by atoms with E-state index in [-0.39, 0.29) is 18.4 Å². The van der Waals surface area contributed by atoms with Crippen molar-refractivity contribution in [1.82, 2.24) is 9.88 Å². The van der Waals surface area contributed by atoms with Gasteiger partial charge >= 0.3 is 6.18 Å². The molecule has 1 aromatic rings. The maximum atomic E-state index is 13.7. The lowest BCUT2D eigenvalue weighted by molar-refractivity contribution is -0.165. The summed E-state index contributed by atoms with van der Waals surface area (Å²) in [5.41, 5.74) is 0.232. The lowest BCUT2D eigenvalue weighted by atomic mass is 10.0. The lowest BCUT2D eigenvalue weighted by Crippen LogP contribution is -2.63. The highest BCUT2D eigenvalue weighted by atomic mass is 19.4.